The van der Waals surface area contributed by atoms with Crippen LogP contribution in [0.1, 0.15) is 41.0 Å². The van der Waals surface area contributed by atoms with Gasteiger partial charge in [-0.05, 0) is 48.2 Å². The summed E-state index contributed by atoms with van der Waals surface area (Å²) in [5.74, 6) is -0.0347. The summed E-state index contributed by atoms with van der Waals surface area (Å²) in [7, 11) is 3.82. The van der Waals surface area contributed by atoms with Crippen LogP contribution >= 0.6 is 0 Å². The lowest BCUT2D eigenvalue weighted by atomic mass is 10.0. The van der Waals surface area contributed by atoms with Crippen molar-refractivity contribution in [2.75, 3.05) is 27.2 Å². The van der Waals surface area contributed by atoms with Crippen molar-refractivity contribution in [1.29, 1.82) is 0 Å². The molecule has 0 spiro atoms. The molecule has 0 aliphatic rings. The third-order valence-electron chi connectivity index (χ3n) is 3.18. The highest BCUT2D eigenvalue weighted by Crippen LogP contribution is 2.07. The molecule has 5 heteroatoms. The van der Waals surface area contributed by atoms with Gasteiger partial charge in [0.2, 0.25) is 5.91 Å². The van der Waals surface area contributed by atoms with Crippen LogP contribution in [-0.4, -0.2) is 60.3 Å². The zero-order valence-electron chi connectivity index (χ0n) is 13.5. The number of rotatable bonds is 8. The van der Waals surface area contributed by atoms with Crippen molar-refractivity contribution < 1.29 is 9.90 Å². The average Bonchev–Trinajstić information content (AvgIpc) is 2.23. The van der Waals surface area contributed by atoms with Crippen LogP contribution in [0.15, 0.2) is 0 Å². The minimum atomic E-state index is -0.849. The quantitative estimate of drug-likeness (QED) is 0.605. The van der Waals surface area contributed by atoms with Crippen LogP contribution in [-0.2, 0) is 4.79 Å². The summed E-state index contributed by atoms with van der Waals surface area (Å²) < 4.78 is 0. The minimum absolute atomic E-state index is 0.0347. The Morgan fingerprint density at radius 2 is 1.84 bits per heavy atom. The van der Waals surface area contributed by atoms with E-state index in [0.29, 0.717) is 13.1 Å². The first kappa shape index (κ1) is 18.4. The predicted molar refractivity (Wildman–Crippen MR) is 79.2 cm³/mol. The molecule has 19 heavy (non-hydrogen) atoms. The van der Waals surface area contributed by atoms with Gasteiger partial charge in [-0.15, -0.1) is 0 Å². The van der Waals surface area contributed by atoms with Crippen molar-refractivity contribution in [1.82, 2.24) is 15.5 Å². The normalized spacial score (nSPS) is 17.1. The van der Waals surface area contributed by atoms with E-state index < -0.39 is 5.60 Å². The Morgan fingerprint density at radius 3 is 2.26 bits per heavy atom. The molecule has 0 aromatic carbocycles. The van der Waals surface area contributed by atoms with Crippen molar-refractivity contribution in [3.8, 4) is 0 Å². The Hall–Kier alpha value is -0.650. The maximum absolute atomic E-state index is 12.0. The molecule has 3 N–H and O–H groups in total. The van der Waals surface area contributed by atoms with E-state index >= 15 is 0 Å². The zero-order valence-corrected chi connectivity index (χ0v) is 13.5. The lowest BCUT2D eigenvalue weighted by Gasteiger charge is -2.30. The van der Waals surface area contributed by atoms with Crippen LogP contribution in [0.25, 0.3) is 0 Å². The number of hydrogen-bond acceptors (Lipinski definition) is 4. The molecular formula is C14H31N3O2. The Bertz CT molecular complexity index is 288. The topological polar surface area (TPSA) is 64.6 Å². The van der Waals surface area contributed by atoms with Gasteiger partial charge in [0.15, 0.2) is 0 Å². The number of amides is 1. The van der Waals surface area contributed by atoms with Gasteiger partial charge in [-0.1, -0.05) is 6.92 Å². The first-order valence-electron chi connectivity index (χ1n) is 6.91. The van der Waals surface area contributed by atoms with Crippen molar-refractivity contribution in [2.45, 2.75) is 58.2 Å². The molecule has 0 fully saturated rings. The number of carbonyl (C=O) groups is 1. The van der Waals surface area contributed by atoms with E-state index in [1.54, 1.807) is 6.92 Å². The third-order valence-corrected chi connectivity index (χ3v) is 3.18. The molecule has 0 saturated heterocycles. The molecule has 0 rings (SSSR count). The molecule has 0 aromatic rings. The van der Waals surface area contributed by atoms with Crippen molar-refractivity contribution in [2.24, 2.45) is 0 Å². The second kappa shape index (κ2) is 7.22. The number of aliphatic hydroxyl groups is 1. The summed E-state index contributed by atoms with van der Waals surface area (Å²) in [5.41, 5.74) is -1.04. The van der Waals surface area contributed by atoms with Gasteiger partial charge in [0, 0.05) is 18.6 Å². The summed E-state index contributed by atoms with van der Waals surface area (Å²) >= 11 is 0. The van der Waals surface area contributed by atoms with Crippen LogP contribution in [0.3, 0.4) is 0 Å². The molecule has 0 aliphatic heterocycles. The second-order valence-corrected chi connectivity index (χ2v) is 6.56. The van der Waals surface area contributed by atoms with Crippen molar-refractivity contribution in [3.05, 3.63) is 0 Å². The molecule has 0 heterocycles. The van der Waals surface area contributed by atoms with E-state index in [-0.39, 0.29) is 17.5 Å². The van der Waals surface area contributed by atoms with Crippen molar-refractivity contribution >= 4 is 5.91 Å². The Morgan fingerprint density at radius 1 is 1.32 bits per heavy atom. The number of nitrogens with one attached hydrogen (secondary N) is 2. The zero-order chi connectivity index (χ0) is 15.3. The van der Waals surface area contributed by atoms with Gasteiger partial charge < -0.3 is 20.6 Å². The van der Waals surface area contributed by atoms with Gasteiger partial charge >= 0.3 is 0 Å². The van der Waals surface area contributed by atoms with Gasteiger partial charge in [-0.25, -0.2) is 0 Å². The lowest BCUT2D eigenvalue weighted by molar-refractivity contribution is -0.124. The maximum Gasteiger partial charge on any atom is 0.237 e. The SMILES string of the molecule is CCC(C)(C)NC(=O)C(C)NCC(C)(O)CN(C)C. The molecule has 0 aromatic heterocycles. The summed E-state index contributed by atoms with van der Waals surface area (Å²) in [4.78, 5) is 13.9. The van der Waals surface area contributed by atoms with Crippen LogP contribution in [0.2, 0.25) is 0 Å². The summed E-state index contributed by atoms with van der Waals surface area (Å²) in [5, 5.41) is 16.2. The molecule has 0 bridgehead atoms. The van der Waals surface area contributed by atoms with E-state index in [1.807, 2.05) is 46.7 Å². The molecule has 5 nitrogen and oxygen atoms in total. The standard InChI is InChI=1S/C14H31N3O2/c1-8-13(3,4)16-12(18)11(2)15-9-14(5,19)10-17(6)7/h11,15,19H,8-10H2,1-7H3,(H,16,18). The molecule has 0 radical (unpaired) electrons. The molecule has 2 atom stereocenters. The second-order valence-electron chi connectivity index (χ2n) is 6.56. The van der Waals surface area contributed by atoms with E-state index in [0.717, 1.165) is 6.42 Å². The molecule has 2 unspecified atom stereocenters. The van der Waals surface area contributed by atoms with Crippen LogP contribution in [0.5, 0.6) is 0 Å². The van der Waals surface area contributed by atoms with Gasteiger partial charge in [0.05, 0.1) is 11.6 Å². The number of nitrogens with zero attached hydrogens (tertiary/aromatic N) is 1. The highest BCUT2D eigenvalue weighted by molar-refractivity contribution is 5.81. The molecule has 0 saturated carbocycles. The van der Waals surface area contributed by atoms with Gasteiger partial charge in [0.1, 0.15) is 0 Å². The predicted octanol–water partition coefficient (Wildman–Crippen LogP) is 0.582. The Kier molecular flexibility index (Phi) is 6.97. The van der Waals surface area contributed by atoms with Crippen LogP contribution < -0.4 is 10.6 Å². The Labute approximate surface area is 117 Å². The first-order valence-corrected chi connectivity index (χ1v) is 6.91. The summed E-state index contributed by atoms with van der Waals surface area (Å²) in [6.07, 6.45) is 0.879. The fourth-order valence-corrected chi connectivity index (χ4v) is 1.73. The summed E-state index contributed by atoms with van der Waals surface area (Å²) in [6, 6.07) is -0.320. The minimum Gasteiger partial charge on any atom is -0.388 e. The highest BCUT2D eigenvalue weighted by Gasteiger charge is 2.25. The number of hydrogen-bond donors (Lipinski definition) is 3. The van der Waals surface area contributed by atoms with Crippen LogP contribution in [0, 0.1) is 0 Å². The van der Waals surface area contributed by atoms with E-state index in [9.17, 15) is 9.90 Å². The van der Waals surface area contributed by atoms with Crippen molar-refractivity contribution in [3.63, 3.8) is 0 Å². The highest BCUT2D eigenvalue weighted by atomic mass is 16.3. The fourth-order valence-electron chi connectivity index (χ4n) is 1.73. The van der Waals surface area contributed by atoms with E-state index in [2.05, 4.69) is 10.6 Å². The smallest absolute Gasteiger partial charge is 0.237 e. The monoisotopic (exact) mass is 273 g/mol. The summed E-state index contributed by atoms with van der Waals surface area (Å²) in [6.45, 7) is 10.6. The van der Waals surface area contributed by atoms with Crippen LogP contribution in [0.4, 0.5) is 0 Å². The third kappa shape index (κ3) is 8.18. The molecular weight excluding hydrogens is 242 g/mol. The molecule has 1 amide bonds. The van der Waals surface area contributed by atoms with Gasteiger partial charge in [-0.2, -0.15) is 0 Å². The number of likely N-dealkylation sites (N-methyl/N-ethyl adjacent to an activating group) is 1. The Balaban J connectivity index is 4.24. The van der Waals surface area contributed by atoms with Gasteiger partial charge in [-0.3, -0.25) is 4.79 Å². The fraction of sp³-hybridized carbons (Fsp3) is 0.929. The van der Waals surface area contributed by atoms with Gasteiger partial charge in [0.25, 0.3) is 0 Å². The first-order chi connectivity index (χ1) is 8.49. The maximum atomic E-state index is 12.0. The largest absolute Gasteiger partial charge is 0.388 e. The van der Waals surface area contributed by atoms with E-state index in [1.165, 1.54) is 0 Å². The van der Waals surface area contributed by atoms with E-state index in [4.69, 9.17) is 0 Å². The molecule has 0 aliphatic carbocycles. The average molecular weight is 273 g/mol. The number of carbonyl (C=O) groups excluding carboxylic acids is 1. The molecule has 114 valence electrons. The lowest BCUT2D eigenvalue weighted by Crippen LogP contribution is -2.54.